The third-order valence-corrected chi connectivity index (χ3v) is 2.56. The van der Waals surface area contributed by atoms with Gasteiger partial charge in [0.05, 0.1) is 0 Å². The fourth-order valence-electron chi connectivity index (χ4n) is 1.86. The molecule has 4 nitrogen and oxygen atoms in total. The topological polar surface area (TPSA) is 38.1 Å². The van der Waals surface area contributed by atoms with Gasteiger partial charge in [-0.3, -0.25) is 4.79 Å². The lowest BCUT2D eigenvalue weighted by atomic mass is 10.2. The number of aromatic nitrogens is 2. The lowest BCUT2D eigenvalue weighted by molar-refractivity contribution is 0.110. The molecular weight excluding hydrogens is 166 g/mol. The first-order valence-electron chi connectivity index (χ1n) is 4.48. The number of carbonyl (C=O) groups is 1. The molecule has 1 saturated heterocycles. The molecule has 1 fully saturated rings. The van der Waals surface area contributed by atoms with Gasteiger partial charge in [-0.05, 0) is 20.0 Å². The van der Waals surface area contributed by atoms with Gasteiger partial charge in [-0.1, -0.05) is 0 Å². The Hall–Kier alpha value is -1.16. The Balaban J connectivity index is 2.20. The van der Waals surface area contributed by atoms with Crippen molar-refractivity contribution in [2.75, 3.05) is 20.1 Å². The van der Waals surface area contributed by atoms with Gasteiger partial charge in [0.1, 0.15) is 0 Å². The average Bonchev–Trinajstić information content (AvgIpc) is 2.71. The van der Waals surface area contributed by atoms with Crippen LogP contribution in [0.1, 0.15) is 23.1 Å². The standard InChI is InChI=1S/C9H13N3O/c1-11-4-2-8(6-11)12-5-3-10-9(12)7-13/h3,5,7-8H,2,4,6H2,1H3. The Morgan fingerprint density at radius 2 is 2.54 bits per heavy atom. The summed E-state index contributed by atoms with van der Waals surface area (Å²) in [6.45, 7) is 2.11. The van der Waals surface area contributed by atoms with Crippen LogP contribution in [-0.4, -0.2) is 40.9 Å². The summed E-state index contributed by atoms with van der Waals surface area (Å²) in [5, 5.41) is 0. The van der Waals surface area contributed by atoms with E-state index in [4.69, 9.17) is 0 Å². The fraction of sp³-hybridized carbons (Fsp3) is 0.556. The largest absolute Gasteiger partial charge is 0.324 e. The minimum absolute atomic E-state index is 0.424. The van der Waals surface area contributed by atoms with E-state index in [-0.39, 0.29) is 0 Å². The smallest absolute Gasteiger partial charge is 0.185 e. The second-order valence-corrected chi connectivity index (χ2v) is 3.52. The maximum atomic E-state index is 10.6. The summed E-state index contributed by atoms with van der Waals surface area (Å²) in [5.74, 6) is 0.542. The number of carbonyl (C=O) groups excluding carboxylic acids is 1. The summed E-state index contributed by atoms with van der Waals surface area (Å²) in [7, 11) is 2.09. The first-order valence-corrected chi connectivity index (χ1v) is 4.48. The molecule has 0 saturated carbocycles. The third-order valence-electron chi connectivity index (χ3n) is 2.56. The zero-order chi connectivity index (χ0) is 9.26. The molecule has 1 aliphatic heterocycles. The molecule has 2 rings (SSSR count). The molecule has 1 aliphatic rings. The summed E-state index contributed by atoms with van der Waals surface area (Å²) in [5.41, 5.74) is 0. The van der Waals surface area contributed by atoms with E-state index in [1.807, 2.05) is 10.8 Å². The van der Waals surface area contributed by atoms with Crippen molar-refractivity contribution in [2.24, 2.45) is 0 Å². The van der Waals surface area contributed by atoms with Crippen LogP contribution in [0.25, 0.3) is 0 Å². The Bertz CT molecular complexity index is 308. The lowest BCUT2D eigenvalue weighted by Gasteiger charge is -2.12. The first-order chi connectivity index (χ1) is 6.31. The highest BCUT2D eigenvalue weighted by atomic mass is 16.1. The van der Waals surface area contributed by atoms with Crippen molar-refractivity contribution in [2.45, 2.75) is 12.5 Å². The van der Waals surface area contributed by atoms with E-state index in [1.54, 1.807) is 6.20 Å². The normalized spacial score (nSPS) is 23.6. The Morgan fingerprint density at radius 1 is 1.69 bits per heavy atom. The van der Waals surface area contributed by atoms with Gasteiger partial charge < -0.3 is 9.47 Å². The van der Waals surface area contributed by atoms with Crippen LogP contribution in [-0.2, 0) is 0 Å². The Morgan fingerprint density at radius 3 is 3.15 bits per heavy atom. The van der Waals surface area contributed by atoms with Gasteiger partial charge in [-0.15, -0.1) is 0 Å². The Kier molecular flexibility index (Phi) is 2.14. The summed E-state index contributed by atoms with van der Waals surface area (Å²) in [6.07, 6.45) is 5.49. The van der Waals surface area contributed by atoms with Crippen LogP contribution in [0.5, 0.6) is 0 Å². The van der Waals surface area contributed by atoms with E-state index in [0.717, 1.165) is 25.8 Å². The van der Waals surface area contributed by atoms with E-state index in [1.165, 1.54) is 0 Å². The second-order valence-electron chi connectivity index (χ2n) is 3.52. The molecule has 0 radical (unpaired) electrons. The molecule has 13 heavy (non-hydrogen) atoms. The maximum Gasteiger partial charge on any atom is 0.185 e. The molecule has 0 aliphatic carbocycles. The fourth-order valence-corrected chi connectivity index (χ4v) is 1.86. The maximum absolute atomic E-state index is 10.6. The summed E-state index contributed by atoms with van der Waals surface area (Å²) >= 11 is 0. The van der Waals surface area contributed by atoms with E-state index in [9.17, 15) is 4.79 Å². The molecule has 1 unspecified atom stereocenters. The lowest BCUT2D eigenvalue weighted by Crippen LogP contribution is -2.17. The van der Waals surface area contributed by atoms with Crippen molar-refractivity contribution in [3.05, 3.63) is 18.2 Å². The van der Waals surface area contributed by atoms with Crippen LogP contribution >= 0.6 is 0 Å². The van der Waals surface area contributed by atoms with Gasteiger partial charge in [-0.25, -0.2) is 4.98 Å². The zero-order valence-electron chi connectivity index (χ0n) is 7.68. The van der Waals surface area contributed by atoms with Gasteiger partial charge >= 0.3 is 0 Å². The van der Waals surface area contributed by atoms with Crippen molar-refractivity contribution >= 4 is 6.29 Å². The first kappa shape index (κ1) is 8.44. The molecule has 0 N–H and O–H groups in total. The van der Waals surface area contributed by atoms with Crippen LogP contribution in [0.3, 0.4) is 0 Å². The predicted molar refractivity (Wildman–Crippen MR) is 48.8 cm³/mol. The molecular formula is C9H13N3O. The minimum atomic E-state index is 0.424. The SMILES string of the molecule is CN1CCC(n2ccnc2C=O)C1. The van der Waals surface area contributed by atoms with Crippen molar-refractivity contribution in [3.8, 4) is 0 Å². The highest BCUT2D eigenvalue weighted by molar-refractivity contribution is 5.69. The minimum Gasteiger partial charge on any atom is -0.324 e. The van der Waals surface area contributed by atoms with Gasteiger partial charge in [-0.2, -0.15) is 0 Å². The summed E-state index contributed by atoms with van der Waals surface area (Å²) < 4.78 is 1.97. The summed E-state index contributed by atoms with van der Waals surface area (Å²) in [4.78, 5) is 16.9. The number of rotatable bonds is 2. The molecule has 4 heteroatoms. The van der Waals surface area contributed by atoms with Gasteiger partial charge in [0.2, 0.25) is 0 Å². The summed E-state index contributed by atoms with van der Waals surface area (Å²) in [6, 6.07) is 0.424. The quantitative estimate of drug-likeness (QED) is 0.623. The number of aldehydes is 1. The van der Waals surface area contributed by atoms with E-state index in [2.05, 4.69) is 16.9 Å². The van der Waals surface area contributed by atoms with E-state index < -0.39 is 0 Å². The molecule has 0 bridgehead atoms. The van der Waals surface area contributed by atoms with Crippen LogP contribution in [0.2, 0.25) is 0 Å². The highest BCUT2D eigenvalue weighted by Gasteiger charge is 2.22. The van der Waals surface area contributed by atoms with E-state index >= 15 is 0 Å². The van der Waals surface area contributed by atoms with Gasteiger partial charge in [0, 0.05) is 25.0 Å². The highest BCUT2D eigenvalue weighted by Crippen LogP contribution is 2.20. The number of likely N-dealkylation sites (tertiary alicyclic amines) is 1. The molecule has 1 aromatic heterocycles. The third kappa shape index (κ3) is 1.49. The van der Waals surface area contributed by atoms with Crippen LogP contribution in [0.15, 0.2) is 12.4 Å². The molecule has 0 aromatic carbocycles. The molecule has 2 heterocycles. The zero-order valence-corrected chi connectivity index (χ0v) is 7.68. The van der Waals surface area contributed by atoms with Crippen molar-refractivity contribution < 1.29 is 4.79 Å². The van der Waals surface area contributed by atoms with Crippen molar-refractivity contribution in [3.63, 3.8) is 0 Å². The predicted octanol–water partition coefficient (Wildman–Crippen LogP) is 0.572. The van der Waals surface area contributed by atoms with E-state index in [0.29, 0.717) is 11.9 Å². The number of nitrogens with zero attached hydrogens (tertiary/aromatic N) is 3. The van der Waals surface area contributed by atoms with Crippen LogP contribution in [0, 0.1) is 0 Å². The van der Waals surface area contributed by atoms with Gasteiger partial charge in [0.15, 0.2) is 12.1 Å². The number of hydrogen-bond acceptors (Lipinski definition) is 3. The molecule has 0 spiro atoms. The molecule has 0 amide bonds. The molecule has 70 valence electrons. The number of likely N-dealkylation sites (N-methyl/N-ethyl adjacent to an activating group) is 1. The van der Waals surface area contributed by atoms with Crippen LogP contribution < -0.4 is 0 Å². The van der Waals surface area contributed by atoms with Crippen molar-refractivity contribution in [1.29, 1.82) is 0 Å². The van der Waals surface area contributed by atoms with Crippen molar-refractivity contribution in [1.82, 2.24) is 14.5 Å². The number of hydrogen-bond donors (Lipinski definition) is 0. The molecule has 1 atom stereocenters. The number of imidazole rings is 1. The average molecular weight is 179 g/mol. The second kappa shape index (κ2) is 3.30. The van der Waals surface area contributed by atoms with Crippen LogP contribution in [0.4, 0.5) is 0 Å². The monoisotopic (exact) mass is 179 g/mol. The molecule has 1 aromatic rings. The Labute approximate surface area is 77.2 Å². The van der Waals surface area contributed by atoms with Gasteiger partial charge in [0.25, 0.3) is 0 Å².